The van der Waals surface area contributed by atoms with E-state index in [1.165, 1.54) is 6.42 Å². The molecule has 0 bridgehead atoms. The van der Waals surface area contributed by atoms with Crippen molar-refractivity contribution < 1.29 is 4.74 Å². The number of benzene rings is 1. The van der Waals surface area contributed by atoms with E-state index in [2.05, 4.69) is 10.3 Å². The van der Waals surface area contributed by atoms with Crippen LogP contribution in [0.3, 0.4) is 0 Å². The van der Waals surface area contributed by atoms with Gasteiger partial charge in [0.1, 0.15) is 12.4 Å². The highest BCUT2D eigenvalue weighted by Gasteiger charge is 2.16. The maximum absolute atomic E-state index is 5.80. The van der Waals surface area contributed by atoms with Crippen molar-refractivity contribution >= 4 is 5.69 Å². The van der Waals surface area contributed by atoms with Crippen LogP contribution < -0.4 is 15.8 Å². The summed E-state index contributed by atoms with van der Waals surface area (Å²) < 4.78 is 5.75. The average molecular weight is 255 g/mol. The summed E-state index contributed by atoms with van der Waals surface area (Å²) in [7, 11) is 0. The molecule has 0 saturated carbocycles. The minimum absolute atomic E-state index is 0.482. The molecule has 1 aromatic heterocycles. The molecule has 19 heavy (non-hydrogen) atoms. The Morgan fingerprint density at radius 2 is 2.16 bits per heavy atom. The van der Waals surface area contributed by atoms with Gasteiger partial charge in [0.2, 0.25) is 0 Å². The highest BCUT2D eigenvalue weighted by Crippen LogP contribution is 2.24. The molecule has 1 aromatic carbocycles. The molecule has 1 saturated heterocycles. The van der Waals surface area contributed by atoms with Crippen LogP contribution in [-0.4, -0.2) is 24.2 Å². The average Bonchev–Trinajstić information content (AvgIpc) is 2.37. The second-order valence-corrected chi connectivity index (χ2v) is 4.79. The van der Waals surface area contributed by atoms with E-state index >= 15 is 0 Å². The van der Waals surface area contributed by atoms with Gasteiger partial charge in [0, 0.05) is 23.5 Å². The summed E-state index contributed by atoms with van der Waals surface area (Å²) >= 11 is 0. The molecule has 4 nitrogen and oxygen atoms in total. The zero-order chi connectivity index (χ0) is 13.1. The Morgan fingerprint density at radius 3 is 2.89 bits per heavy atom. The molecule has 1 aliphatic heterocycles. The number of nitrogen functional groups attached to an aromatic ring is 1. The summed E-state index contributed by atoms with van der Waals surface area (Å²) in [4.78, 5) is 4.23. The summed E-state index contributed by atoms with van der Waals surface area (Å²) in [6, 6.07) is 10.3. The Kier molecular flexibility index (Phi) is 3.33. The highest BCUT2D eigenvalue weighted by atomic mass is 16.5. The van der Waals surface area contributed by atoms with Gasteiger partial charge in [-0.05, 0) is 36.7 Å². The number of hydrogen-bond donors (Lipinski definition) is 2. The van der Waals surface area contributed by atoms with Gasteiger partial charge in [-0.3, -0.25) is 4.98 Å². The van der Waals surface area contributed by atoms with Crippen molar-refractivity contribution in [1.82, 2.24) is 10.3 Å². The number of rotatable bonds is 4. The zero-order valence-corrected chi connectivity index (χ0v) is 10.7. The normalized spacial score (nSPS) is 17.8. The van der Waals surface area contributed by atoms with Gasteiger partial charge in [-0.2, -0.15) is 0 Å². The van der Waals surface area contributed by atoms with Crippen molar-refractivity contribution in [1.29, 1.82) is 0 Å². The Hall–Kier alpha value is -2.07. The molecule has 1 aliphatic rings. The van der Waals surface area contributed by atoms with Gasteiger partial charge in [-0.15, -0.1) is 0 Å². The topological polar surface area (TPSA) is 60.2 Å². The van der Waals surface area contributed by atoms with Gasteiger partial charge in [0.15, 0.2) is 0 Å². The first kappa shape index (κ1) is 12.0. The maximum atomic E-state index is 5.80. The predicted octanol–water partition coefficient (Wildman–Crippen LogP) is 2.07. The minimum Gasteiger partial charge on any atom is -0.490 e. The highest BCUT2D eigenvalue weighted by molar-refractivity contribution is 5.67. The lowest BCUT2D eigenvalue weighted by Crippen LogP contribution is -2.46. The monoisotopic (exact) mass is 255 g/mol. The zero-order valence-electron chi connectivity index (χ0n) is 10.7. The number of pyridine rings is 1. The third kappa shape index (κ3) is 2.85. The van der Waals surface area contributed by atoms with E-state index in [4.69, 9.17) is 10.5 Å². The van der Waals surface area contributed by atoms with E-state index in [1.807, 2.05) is 36.5 Å². The Morgan fingerprint density at radius 1 is 1.26 bits per heavy atom. The van der Waals surface area contributed by atoms with Crippen molar-refractivity contribution in [2.45, 2.75) is 12.5 Å². The summed E-state index contributed by atoms with van der Waals surface area (Å²) in [6.45, 7) is 1.79. The molecule has 0 amide bonds. The second kappa shape index (κ2) is 5.28. The number of anilines is 1. The van der Waals surface area contributed by atoms with Gasteiger partial charge in [-0.25, -0.2) is 0 Å². The van der Waals surface area contributed by atoms with E-state index in [0.717, 1.165) is 29.1 Å². The summed E-state index contributed by atoms with van der Waals surface area (Å²) in [6.07, 6.45) is 4.75. The molecule has 2 aromatic rings. The largest absolute Gasteiger partial charge is 0.490 e. The molecule has 0 unspecified atom stereocenters. The van der Waals surface area contributed by atoms with Crippen LogP contribution in [-0.2, 0) is 0 Å². The van der Waals surface area contributed by atoms with Gasteiger partial charge < -0.3 is 15.8 Å². The van der Waals surface area contributed by atoms with Crippen molar-refractivity contribution in [3.63, 3.8) is 0 Å². The predicted molar refractivity (Wildman–Crippen MR) is 76.0 cm³/mol. The van der Waals surface area contributed by atoms with Crippen LogP contribution in [0.1, 0.15) is 6.42 Å². The minimum atomic E-state index is 0.482. The molecule has 0 radical (unpaired) electrons. The van der Waals surface area contributed by atoms with E-state index in [0.29, 0.717) is 12.6 Å². The van der Waals surface area contributed by atoms with Crippen LogP contribution in [0.25, 0.3) is 11.1 Å². The molecule has 98 valence electrons. The smallest absolute Gasteiger partial charge is 0.138 e. The van der Waals surface area contributed by atoms with Crippen LogP contribution in [0.2, 0.25) is 0 Å². The second-order valence-electron chi connectivity index (χ2n) is 4.79. The van der Waals surface area contributed by atoms with Crippen LogP contribution in [0.15, 0.2) is 42.7 Å². The number of nitrogens with zero attached hydrogens (tertiary/aromatic N) is 1. The number of aromatic nitrogens is 1. The number of nitrogens with one attached hydrogen (secondary N) is 1. The fourth-order valence-corrected chi connectivity index (χ4v) is 2.06. The fourth-order valence-electron chi connectivity index (χ4n) is 2.06. The Bertz CT molecular complexity index is 567. The number of nitrogens with two attached hydrogens (primary N) is 1. The van der Waals surface area contributed by atoms with E-state index in [9.17, 15) is 0 Å². The van der Waals surface area contributed by atoms with Crippen molar-refractivity contribution in [3.05, 3.63) is 42.7 Å². The first-order valence-electron chi connectivity index (χ1n) is 6.48. The standard InChI is InChI=1S/C15H17N3O/c16-13-3-1-2-11(6-13)12-7-15(9-17-8-12)19-10-14-4-5-18-14/h1-3,6-9,14,18H,4-5,10,16H2/t14-/m0/s1. The molecule has 1 atom stereocenters. The van der Waals surface area contributed by atoms with Crippen molar-refractivity contribution in [2.24, 2.45) is 0 Å². The van der Waals surface area contributed by atoms with Gasteiger partial charge in [-0.1, -0.05) is 12.1 Å². The Balaban J connectivity index is 1.75. The molecule has 0 aliphatic carbocycles. The molecule has 4 heteroatoms. The molecular weight excluding hydrogens is 238 g/mol. The van der Waals surface area contributed by atoms with Gasteiger partial charge in [0.25, 0.3) is 0 Å². The van der Waals surface area contributed by atoms with E-state index in [1.54, 1.807) is 6.20 Å². The lowest BCUT2D eigenvalue weighted by molar-refractivity contribution is 0.217. The Labute approximate surface area is 112 Å². The molecule has 3 rings (SSSR count). The molecular formula is C15H17N3O. The summed E-state index contributed by atoms with van der Waals surface area (Å²) in [5.41, 5.74) is 8.63. The van der Waals surface area contributed by atoms with Crippen molar-refractivity contribution in [2.75, 3.05) is 18.9 Å². The number of ether oxygens (including phenoxy) is 1. The van der Waals surface area contributed by atoms with E-state index in [-0.39, 0.29) is 0 Å². The molecule has 3 N–H and O–H groups in total. The fraction of sp³-hybridized carbons (Fsp3) is 0.267. The molecule has 1 fully saturated rings. The van der Waals surface area contributed by atoms with Crippen LogP contribution in [0.4, 0.5) is 5.69 Å². The summed E-state index contributed by atoms with van der Waals surface area (Å²) in [5, 5.41) is 3.31. The quantitative estimate of drug-likeness (QED) is 0.821. The van der Waals surface area contributed by atoms with Crippen LogP contribution in [0.5, 0.6) is 5.75 Å². The van der Waals surface area contributed by atoms with Gasteiger partial charge in [0.05, 0.1) is 6.20 Å². The third-order valence-corrected chi connectivity index (χ3v) is 3.31. The lowest BCUT2D eigenvalue weighted by Gasteiger charge is -2.27. The maximum Gasteiger partial charge on any atom is 0.138 e. The first-order chi connectivity index (χ1) is 9.31. The first-order valence-corrected chi connectivity index (χ1v) is 6.48. The SMILES string of the molecule is Nc1cccc(-c2cncc(OC[C@@H]3CCN3)c2)c1. The van der Waals surface area contributed by atoms with Crippen molar-refractivity contribution in [3.8, 4) is 16.9 Å². The van der Waals surface area contributed by atoms with E-state index < -0.39 is 0 Å². The van der Waals surface area contributed by atoms with Crippen LogP contribution in [0, 0.1) is 0 Å². The third-order valence-electron chi connectivity index (χ3n) is 3.31. The molecule has 0 spiro atoms. The summed E-state index contributed by atoms with van der Waals surface area (Å²) in [5.74, 6) is 0.800. The molecule has 2 heterocycles. The number of hydrogen-bond acceptors (Lipinski definition) is 4. The van der Waals surface area contributed by atoms with Gasteiger partial charge >= 0.3 is 0 Å². The van der Waals surface area contributed by atoms with Crippen LogP contribution >= 0.6 is 0 Å². The lowest BCUT2D eigenvalue weighted by atomic mass is 10.1.